The van der Waals surface area contributed by atoms with Crippen LogP contribution in [0.25, 0.3) is 0 Å². The number of alkyl halides is 3. The van der Waals surface area contributed by atoms with Gasteiger partial charge in [0.1, 0.15) is 0 Å². The first kappa shape index (κ1) is 22.8. The zero-order valence-electron chi connectivity index (χ0n) is 18.3. The van der Waals surface area contributed by atoms with Crippen LogP contribution in [0.1, 0.15) is 43.4 Å². The van der Waals surface area contributed by atoms with Crippen LogP contribution in [0, 0.1) is 20.8 Å². The summed E-state index contributed by atoms with van der Waals surface area (Å²) in [5, 5.41) is 12.8. The van der Waals surface area contributed by atoms with Crippen molar-refractivity contribution in [2.24, 2.45) is 0 Å². The van der Waals surface area contributed by atoms with E-state index in [2.05, 4.69) is 21.6 Å². The maximum Gasteiger partial charge on any atom is 0.435 e. The molecule has 10 heteroatoms. The molecule has 0 fully saturated rings. The van der Waals surface area contributed by atoms with Gasteiger partial charge < -0.3 is 5.32 Å². The number of thiophene rings is 1. The average Bonchev–Trinajstić information content (AvgIpc) is 3.45. The molecule has 0 radical (unpaired) electrons. The second-order valence-corrected chi connectivity index (χ2v) is 8.77. The molecule has 0 bridgehead atoms. The normalized spacial score (nSPS) is 11.7. The van der Waals surface area contributed by atoms with Gasteiger partial charge in [0.2, 0.25) is 0 Å². The number of nitrogens with zero attached hydrogens (tertiary/aromatic N) is 4. The standard InChI is InChI=1S/C23H22F3N5OS/c1-14-5-4-6-17(9-14)12-31-16(3)21(15(2)28-31)27-22(32)19-10-18(13-33-19)11-30-8-7-20(29-30)23(24,25)26/h4-10,13H,11-12H2,1-3H3,(H,27,32). The van der Waals surface area contributed by atoms with Gasteiger partial charge in [0.15, 0.2) is 5.69 Å². The van der Waals surface area contributed by atoms with E-state index in [4.69, 9.17) is 0 Å². The Morgan fingerprint density at radius 2 is 1.85 bits per heavy atom. The van der Waals surface area contributed by atoms with Gasteiger partial charge in [-0.15, -0.1) is 11.3 Å². The number of rotatable bonds is 6. The Hall–Kier alpha value is -3.40. The Morgan fingerprint density at radius 3 is 2.55 bits per heavy atom. The van der Waals surface area contributed by atoms with Crippen molar-refractivity contribution in [3.8, 4) is 0 Å². The summed E-state index contributed by atoms with van der Waals surface area (Å²) < 4.78 is 41.3. The fourth-order valence-corrected chi connectivity index (χ4v) is 4.35. The molecule has 0 spiro atoms. The zero-order valence-corrected chi connectivity index (χ0v) is 19.1. The van der Waals surface area contributed by atoms with Gasteiger partial charge in [-0.1, -0.05) is 29.8 Å². The summed E-state index contributed by atoms with van der Waals surface area (Å²) >= 11 is 1.23. The van der Waals surface area contributed by atoms with E-state index in [1.54, 1.807) is 11.4 Å². The molecule has 1 amide bonds. The molecular weight excluding hydrogens is 451 g/mol. The van der Waals surface area contributed by atoms with Crippen LogP contribution in [0.2, 0.25) is 0 Å². The molecule has 0 saturated heterocycles. The number of halogens is 3. The summed E-state index contributed by atoms with van der Waals surface area (Å²) in [6, 6.07) is 10.8. The number of nitrogens with one attached hydrogen (secondary N) is 1. The smallest absolute Gasteiger partial charge is 0.318 e. The van der Waals surface area contributed by atoms with Crippen molar-refractivity contribution in [1.82, 2.24) is 19.6 Å². The first-order valence-electron chi connectivity index (χ1n) is 10.2. The van der Waals surface area contributed by atoms with Crippen LogP contribution in [-0.2, 0) is 19.3 Å². The van der Waals surface area contributed by atoms with Gasteiger partial charge in [-0.05, 0) is 49.4 Å². The molecule has 0 unspecified atom stereocenters. The number of benzene rings is 1. The molecule has 4 aromatic rings. The Morgan fingerprint density at radius 1 is 1.06 bits per heavy atom. The summed E-state index contributed by atoms with van der Waals surface area (Å²) in [6.07, 6.45) is -3.21. The summed E-state index contributed by atoms with van der Waals surface area (Å²) in [4.78, 5) is 13.3. The number of amides is 1. The van der Waals surface area contributed by atoms with Crippen molar-refractivity contribution in [2.45, 2.75) is 40.0 Å². The number of anilines is 1. The van der Waals surface area contributed by atoms with Crippen molar-refractivity contribution >= 4 is 22.9 Å². The molecule has 0 aliphatic rings. The highest BCUT2D eigenvalue weighted by Gasteiger charge is 2.33. The highest BCUT2D eigenvalue weighted by molar-refractivity contribution is 7.12. The van der Waals surface area contributed by atoms with Crippen molar-refractivity contribution in [3.05, 3.63) is 86.6 Å². The van der Waals surface area contributed by atoms with Crippen LogP contribution in [0.4, 0.5) is 18.9 Å². The fourth-order valence-electron chi connectivity index (χ4n) is 3.56. The lowest BCUT2D eigenvalue weighted by atomic mass is 10.1. The van der Waals surface area contributed by atoms with Gasteiger partial charge in [0.05, 0.1) is 35.0 Å². The van der Waals surface area contributed by atoms with E-state index in [0.29, 0.717) is 28.4 Å². The van der Waals surface area contributed by atoms with Gasteiger partial charge in [-0.25, -0.2) is 0 Å². The Labute approximate surface area is 192 Å². The molecule has 1 N–H and O–H groups in total. The van der Waals surface area contributed by atoms with Gasteiger partial charge in [-0.2, -0.15) is 23.4 Å². The van der Waals surface area contributed by atoms with E-state index in [-0.39, 0.29) is 12.5 Å². The largest absolute Gasteiger partial charge is 0.435 e. The van der Waals surface area contributed by atoms with E-state index in [1.165, 1.54) is 27.8 Å². The van der Waals surface area contributed by atoms with Crippen molar-refractivity contribution < 1.29 is 18.0 Å². The Balaban J connectivity index is 1.45. The summed E-state index contributed by atoms with van der Waals surface area (Å²) in [7, 11) is 0. The monoisotopic (exact) mass is 473 g/mol. The molecule has 0 aliphatic heterocycles. The molecule has 0 atom stereocenters. The van der Waals surface area contributed by atoms with E-state index >= 15 is 0 Å². The van der Waals surface area contributed by atoms with Gasteiger partial charge in [0, 0.05) is 6.20 Å². The van der Waals surface area contributed by atoms with Crippen molar-refractivity contribution in [2.75, 3.05) is 5.32 Å². The quantitative estimate of drug-likeness (QED) is 0.406. The predicted octanol–water partition coefficient (Wildman–Crippen LogP) is 5.43. The number of hydrogen-bond donors (Lipinski definition) is 1. The average molecular weight is 474 g/mol. The van der Waals surface area contributed by atoms with Crippen LogP contribution in [0.5, 0.6) is 0 Å². The molecule has 33 heavy (non-hydrogen) atoms. The highest BCUT2D eigenvalue weighted by atomic mass is 32.1. The lowest BCUT2D eigenvalue weighted by Crippen LogP contribution is -2.12. The van der Waals surface area contributed by atoms with Gasteiger partial charge >= 0.3 is 6.18 Å². The first-order valence-corrected chi connectivity index (χ1v) is 11.1. The minimum atomic E-state index is -4.48. The molecule has 4 rings (SSSR count). The van der Waals surface area contributed by atoms with E-state index in [9.17, 15) is 18.0 Å². The Bertz CT molecular complexity index is 1300. The first-order chi connectivity index (χ1) is 15.6. The second-order valence-electron chi connectivity index (χ2n) is 7.86. The third-order valence-electron chi connectivity index (χ3n) is 5.19. The van der Waals surface area contributed by atoms with E-state index in [1.807, 2.05) is 43.7 Å². The van der Waals surface area contributed by atoms with Gasteiger partial charge in [-0.3, -0.25) is 14.2 Å². The molecule has 3 heterocycles. The lowest BCUT2D eigenvalue weighted by molar-refractivity contribution is -0.141. The summed E-state index contributed by atoms with van der Waals surface area (Å²) in [6.45, 7) is 6.52. The van der Waals surface area contributed by atoms with Crippen LogP contribution < -0.4 is 5.32 Å². The van der Waals surface area contributed by atoms with E-state index in [0.717, 1.165) is 17.3 Å². The summed E-state index contributed by atoms with van der Waals surface area (Å²) in [5.41, 5.74) is 4.26. The lowest BCUT2D eigenvalue weighted by Gasteiger charge is -2.07. The molecule has 6 nitrogen and oxygen atoms in total. The molecular formula is C23H22F3N5OS. The topological polar surface area (TPSA) is 64.7 Å². The fraction of sp³-hybridized carbons (Fsp3) is 0.261. The van der Waals surface area contributed by atoms with Crippen LogP contribution in [0.15, 0.2) is 48.0 Å². The third-order valence-corrected chi connectivity index (χ3v) is 6.17. The molecule has 0 aliphatic carbocycles. The number of carbonyl (C=O) groups is 1. The third kappa shape index (κ3) is 5.16. The molecule has 1 aromatic carbocycles. The number of carbonyl (C=O) groups excluding carboxylic acids is 1. The second kappa shape index (κ2) is 8.86. The molecule has 3 aromatic heterocycles. The SMILES string of the molecule is Cc1cccc(Cn2nc(C)c(NC(=O)c3cc(Cn4ccc(C(F)(F)F)n4)cs3)c2C)c1. The zero-order chi connectivity index (χ0) is 23.8. The van der Waals surface area contributed by atoms with Crippen LogP contribution in [-0.4, -0.2) is 25.5 Å². The van der Waals surface area contributed by atoms with Crippen molar-refractivity contribution in [3.63, 3.8) is 0 Å². The Kier molecular flexibility index (Phi) is 6.11. The van der Waals surface area contributed by atoms with E-state index < -0.39 is 11.9 Å². The predicted molar refractivity (Wildman–Crippen MR) is 121 cm³/mol. The number of aryl methyl sites for hydroxylation is 2. The number of hydrogen-bond acceptors (Lipinski definition) is 4. The number of aromatic nitrogens is 4. The molecule has 172 valence electrons. The van der Waals surface area contributed by atoms with Gasteiger partial charge in [0.25, 0.3) is 5.91 Å². The maximum absolute atomic E-state index is 12.8. The van der Waals surface area contributed by atoms with Crippen LogP contribution in [0.3, 0.4) is 0 Å². The minimum absolute atomic E-state index is 0.145. The van der Waals surface area contributed by atoms with Crippen LogP contribution >= 0.6 is 11.3 Å². The van der Waals surface area contributed by atoms with Crippen molar-refractivity contribution in [1.29, 1.82) is 0 Å². The summed E-state index contributed by atoms with van der Waals surface area (Å²) in [5.74, 6) is -0.288. The highest BCUT2D eigenvalue weighted by Crippen LogP contribution is 2.28. The minimum Gasteiger partial charge on any atom is -0.318 e. The molecule has 0 saturated carbocycles. The maximum atomic E-state index is 12.8.